The molecule has 0 spiro atoms. The number of imidazole rings is 1. The van der Waals surface area contributed by atoms with E-state index in [2.05, 4.69) is 9.88 Å². The molecule has 2 aromatic heterocycles. The summed E-state index contributed by atoms with van der Waals surface area (Å²) in [5.74, 6) is 0.110. The second-order valence-electron chi connectivity index (χ2n) is 8.59. The van der Waals surface area contributed by atoms with Crippen molar-refractivity contribution in [1.29, 1.82) is 0 Å². The number of aryl methyl sites for hydroxylation is 1. The first kappa shape index (κ1) is 21.8. The maximum Gasteiger partial charge on any atom is 0.272 e. The van der Waals surface area contributed by atoms with Crippen molar-refractivity contribution < 1.29 is 9.90 Å². The first-order valence-electron chi connectivity index (χ1n) is 11.2. The minimum atomic E-state index is -0.196. The molecule has 5 rings (SSSR count). The molecule has 1 N–H and O–H groups in total. The van der Waals surface area contributed by atoms with Crippen LogP contribution in [-0.4, -0.2) is 62.3 Å². The van der Waals surface area contributed by atoms with E-state index in [0.29, 0.717) is 23.1 Å². The number of carbonyl (C=O) groups is 1. The third-order valence-corrected chi connectivity index (χ3v) is 6.58. The highest BCUT2D eigenvalue weighted by atomic mass is 35.5. The van der Waals surface area contributed by atoms with Crippen molar-refractivity contribution in [1.82, 2.24) is 19.3 Å². The number of β-amino-alcohol motifs (C(OH)–C–C–N with tert-alkyl or cyclic N) is 1. The van der Waals surface area contributed by atoms with Gasteiger partial charge in [-0.1, -0.05) is 23.8 Å². The van der Waals surface area contributed by atoms with Crippen LogP contribution >= 0.6 is 11.6 Å². The van der Waals surface area contributed by atoms with Crippen LogP contribution in [-0.2, 0) is 4.79 Å². The summed E-state index contributed by atoms with van der Waals surface area (Å²) >= 11 is 6.46. The molecule has 0 aliphatic carbocycles. The van der Waals surface area contributed by atoms with Crippen molar-refractivity contribution in [2.24, 2.45) is 11.0 Å². The van der Waals surface area contributed by atoms with Crippen molar-refractivity contribution in [3.63, 3.8) is 0 Å². The molecule has 7 nitrogen and oxygen atoms in total. The van der Waals surface area contributed by atoms with Gasteiger partial charge in [-0.25, -0.2) is 4.98 Å². The zero-order valence-electron chi connectivity index (χ0n) is 18.5. The van der Waals surface area contributed by atoms with Crippen molar-refractivity contribution in [3.05, 3.63) is 76.9 Å². The molecule has 0 radical (unpaired) electrons. The summed E-state index contributed by atoms with van der Waals surface area (Å²) in [4.78, 5) is 19.9. The summed E-state index contributed by atoms with van der Waals surface area (Å²) in [6.45, 7) is 4.67. The Morgan fingerprint density at radius 3 is 2.79 bits per heavy atom. The van der Waals surface area contributed by atoms with E-state index in [9.17, 15) is 4.79 Å². The number of amides is 1. The molecule has 2 aromatic rings. The molecule has 0 bridgehead atoms. The summed E-state index contributed by atoms with van der Waals surface area (Å²) in [6.07, 6.45) is 17.1. The number of carbonyl (C=O) groups excluding carboxylic acids is 1. The first-order chi connectivity index (χ1) is 16.0. The Bertz CT molecular complexity index is 1240. The SMILES string of the molecule is Cc1cn2cc(C3=C\C(=O)N4N=C(C5CCN(CCO)CC5)C=C\C4=C/C=C/3)cc(Cl)c2n1. The number of hydrogen-bond acceptors (Lipinski definition) is 5. The monoisotopic (exact) mass is 463 g/mol. The second kappa shape index (κ2) is 9.09. The van der Waals surface area contributed by atoms with Crippen LogP contribution in [0.4, 0.5) is 0 Å². The Kier molecular flexibility index (Phi) is 6.01. The summed E-state index contributed by atoms with van der Waals surface area (Å²) in [5, 5.41) is 15.9. The van der Waals surface area contributed by atoms with E-state index in [0.717, 1.165) is 54.2 Å². The van der Waals surface area contributed by atoms with Crippen LogP contribution in [0.5, 0.6) is 0 Å². The number of rotatable bonds is 4. The van der Waals surface area contributed by atoms with Crippen LogP contribution < -0.4 is 0 Å². The van der Waals surface area contributed by atoms with Gasteiger partial charge in [-0.3, -0.25) is 4.79 Å². The lowest BCUT2D eigenvalue weighted by molar-refractivity contribution is -0.124. The Balaban J connectivity index is 1.42. The molecular formula is C25H26ClN5O2. The van der Waals surface area contributed by atoms with Crippen molar-refractivity contribution in [3.8, 4) is 0 Å². The van der Waals surface area contributed by atoms with Gasteiger partial charge in [0.25, 0.3) is 5.91 Å². The fraction of sp³-hybridized carbons (Fsp3) is 0.320. The number of pyridine rings is 1. The second-order valence-corrected chi connectivity index (χ2v) is 9.00. The zero-order valence-corrected chi connectivity index (χ0v) is 19.2. The van der Waals surface area contributed by atoms with Gasteiger partial charge >= 0.3 is 0 Å². The van der Waals surface area contributed by atoms with E-state index < -0.39 is 0 Å². The predicted octanol–water partition coefficient (Wildman–Crippen LogP) is 3.59. The number of likely N-dealkylation sites (tertiary alicyclic amines) is 1. The molecular weight excluding hydrogens is 438 g/mol. The van der Waals surface area contributed by atoms with E-state index in [1.54, 1.807) is 6.08 Å². The maximum atomic E-state index is 13.2. The van der Waals surface area contributed by atoms with Crippen LogP contribution in [0.15, 0.2) is 65.7 Å². The highest BCUT2D eigenvalue weighted by molar-refractivity contribution is 6.33. The lowest BCUT2D eigenvalue weighted by Crippen LogP contribution is -2.39. The first-order valence-corrected chi connectivity index (χ1v) is 11.6. The van der Waals surface area contributed by atoms with Crippen LogP contribution in [0, 0.1) is 12.8 Å². The van der Waals surface area contributed by atoms with E-state index in [1.165, 1.54) is 5.01 Å². The number of aromatic nitrogens is 2. The fourth-order valence-corrected chi connectivity index (χ4v) is 4.83. The Morgan fingerprint density at radius 2 is 2.00 bits per heavy atom. The number of aliphatic hydroxyl groups excluding tert-OH is 1. The average Bonchev–Trinajstić information content (AvgIpc) is 3.19. The Hall–Kier alpha value is -3.00. The van der Waals surface area contributed by atoms with Crippen molar-refractivity contribution in [2.45, 2.75) is 19.8 Å². The lowest BCUT2D eigenvalue weighted by Gasteiger charge is -2.33. The van der Waals surface area contributed by atoms with E-state index in [-0.39, 0.29) is 12.5 Å². The Labute approximate surface area is 197 Å². The van der Waals surface area contributed by atoms with Gasteiger partial charge in [-0.2, -0.15) is 10.1 Å². The summed E-state index contributed by atoms with van der Waals surface area (Å²) in [6, 6.07) is 1.84. The van der Waals surface area contributed by atoms with Crippen LogP contribution in [0.25, 0.3) is 11.2 Å². The van der Waals surface area contributed by atoms with Gasteiger partial charge in [0.1, 0.15) is 0 Å². The molecule has 0 saturated carbocycles. The third kappa shape index (κ3) is 4.44. The van der Waals surface area contributed by atoms with Gasteiger partial charge in [0, 0.05) is 36.5 Å². The molecule has 0 unspecified atom stereocenters. The smallest absolute Gasteiger partial charge is 0.272 e. The number of hydrogen-bond donors (Lipinski definition) is 1. The van der Waals surface area contributed by atoms with Crippen LogP contribution in [0.1, 0.15) is 24.1 Å². The van der Waals surface area contributed by atoms with Gasteiger partial charge in [0.2, 0.25) is 0 Å². The molecule has 8 heteroatoms. The van der Waals surface area contributed by atoms with E-state index in [4.69, 9.17) is 21.8 Å². The van der Waals surface area contributed by atoms with Crippen molar-refractivity contribution >= 4 is 34.4 Å². The quantitative estimate of drug-likeness (QED) is 0.752. The number of fused-ring (bicyclic) bond motifs is 2. The molecule has 1 amide bonds. The number of aliphatic hydroxyl groups is 1. The van der Waals surface area contributed by atoms with E-state index >= 15 is 0 Å². The highest BCUT2D eigenvalue weighted by Crippen LogP contribution is 2.28. The van der Waals surface area contributed by atoms with Gasteiger partial charge in [0.05, 0.1) is 28.7 Å². The topological polar surface area (TPSA) is 73.4 Å². The number of nitrogens with zero attached hydrogens (tertiary/aromatic N) is 5. The summed E-state index contributed by atoms with van der Waals surface area (Å²) in [7, 11) is 0. The van der Waals surface area contributed by atoms with Gasteiger partial charge in [0.15, 0.2) is 5.65 Å². The molecule has 0 aromatic carbocycles. The average molecular weight is 464 g/mol. The predicted molar refractivity (Wildman–Crippen MR) is 130 cm³/mol. The number of allylic oxidation sites excluding steroid dienone is 6. The van der Waals surface area contributed by atoms with Gasteiger partial charge in [-0.05, 0) is 62.7 Å². The largest absolute Gasteiger partial charge is 0.395 e. The molecule has 0 atom stereocenters. The van der Waals surface area contributed by atoms with E-state index in [1.807, 2.05) is 60.2 Å². The normalized spacial score (nSPS) is 23.9. The summed E-state index contributed by atoms with van der Waals surface area (Å²) < 4.78 is 1.88. The van der Waals surface area contributed by atoms with Gasteiger partial charge < -0.3 is 14.4 Å². The molecule has 33 heavy (non-hydrogen) atoms. The zero-order chi connectivity index (χ0) is 22.9. The van der Waals surface area contributed by atoms with Gasteiger partial charge in [-0.15, -0.1) is 0 Å². The lowest BCUT2D eigenvalue weighted by atomic mass is 9.91. The Morgan fingerprint density at radius 1 is 1.18 bits per heavy atom. The number of piperidine rings is 1. The molecule has 3 aliphatic rings. The van der Waals surface area contributed by atoms with Crippen molar-refractivity contribution in [2.75, 3.05) is 26.2 Å². The third-order valence-electron chi connectivity index (χ3n) is 6.30. The number of halogens is 1. The molecule has 1 saturated heterocycles. The fourth-order valence-electron chi connectivity index (χ4n) is 4.57. The maximum absolute atomic E-state index is 13.2. The highest BCUT2D eigenvalue weighted by Gasteiger charge is 2.27. The molecule has 3 aliphatic heterocycles. The minimum Gasteiger partial charge on any atom is -0.395 e. The molecule has 5 heterocycles. The minimum absolute atomic E-state index is 0.183. The molecule has 1 fully saturated rings. The standard InChI is InChI=1S/C25H26ClN5O2/c1-17-15-30-16-20(13-22(26)25(30)27-17)19-3-2-4-21-5-6-23(28-31(21)24(33)14-19)18-7-9-29(10-8-18)11-12-32/h2-6,13-16,18,32H,7-12H2,1H3/b3-2+,19-14+,21-4+. The van der Waals surface area contributed by atoms with Crippen LogP contribution in [0.3, 0.4) is 0 Å². The molecule has 170 valence electrons. The number of hydrazone groups is 1. The van der Waals surface area contributed by atoms with Crippen LogP contribution in [0.2, 0.25) is 5.02 Å². The summed E-state index contributed by atoms with van der Waals surface area (Å²) in [5.41, 5.74) is 4.84.